The van der Waals surface area contributed by atoms with Crippen molar-refractivity contribution >= 4 is 18.0 Å². The van der Waals surface area contributed by atoms with Gasteiger partial charge >= 0.3 is 12.1 Å². The van der Waals surface area contributed by atoms with Gasteiger partial charge in [0.25, 0.3) is 0 Å². The van der Waals surface area contributed by atoms with Gasteiger partial charge in [0.2, 0.25) is 5.91 Å². The minimum absolute atomic E-state index is 0.112. The van der Waals surface area contributed by atoms with Gasteiger partial charge in [-0.15, -0.1) is 5.06 Å². The summed E-state index contributed by atoms with van der Waals surface area (Å²) in [5.74, 6) is -1.08. The van der Waals surface area contributed by atoms with Crippen molar-refractivity contribution in [2.45, 2.75) is 52.1 Å². The Bertz CT molecular complexity index is 721. The van der Waals surface area contributed by atoms with E-state index in [0.717, 1.165) is 19.3 Å². The number of amides is 2. The second kappa shape index (κ2) is 8.73. The summed E-state index contributed by atoms with van der Waals surface area (Å²) in [5.41, 5.74) is 0.466. The molecule has 2 fully saturated rings. The minimum Gasteiger partial charge on any atom is -0.447 e. The largest absolute Gasteiger partial charge is 0.447 e. The maximum Gasteiger partial charge on any atom is 0.416 e. The lowest BCUT2D eigenvalue weighted by Gasteiger charge is -2.38. The Morgan fingerprint density at radius 1 is 1.11 bits per heavy atom. The number of benzene rings is 1. The molecule has 0 saturated carbocycles. The van der Waals surface area contributed by atoms with Gasteiger partial charge in [-0.25, -0.2) is 14.5 Å². The zero-order valence-corrected chi connectivity index (χ0v) is 16.7. The summed E-state index contributed by atoms with van der Waals surface area (Å²) in [6.07, 6.45) is 1.98. The fourth-order valence-electron chi connectivity index (χ4n) is 3.84. The molecular formula is C21H28N2O5. The summed E-state index contributed by atoms with van der Waals surface area (Å²) in [6, 6.07) is 8.26. The predicted octanol–water partition coefficient (Wildman–Crippen LogP) is 3.25. The lowest BCUT2D eigenvalue weighted by molar-refractivity contribution is -0.171. The summed E-state index contributed by atoms with van der Waals surface area (Å²) in [4.78, 5) is 44.6. The van der Waals surface area contributed by atoms with Gasteiger partial charge in [0.1, 0.15) is 6.61 Å². The Morgan fingerprint density at radius 3 is 2.50 bits per heavy atom. The zero-order chi connectivity index (χ0) is 20.3. The van der Waals surface area contributed by atoms with Crippen molar-refractivity contribution in [2.24, 2.45) is 11.8 Å². The molecule has 3 rings (SSSR count). The van der Waals surface area contributed by atoms with Crippen LogP contribution in [0.5, 0.6) is 0 Å². The van der Waals surface area contributed by atoms with E-state index in [4.69, 9.17) is 9.57 Å². The molecule has 2 amide bonds. The molecular weight excluding hydrogens is 360 g/mol. The molecule has 0 spiro atoms. The van der Waals surface area contributed by atoms with E-state index in [-0.39, 0.29) is 30.5 Å². The predicted molar refractivity (Wildman–Crippen MR) is 102 cm³/mol. The Labute approximate surface area is 165 Å². The van der Waals surface area contributed by atoms with E-state index in [1.807, 2.05) is 19.9 Å². The van der Waals surface area contributed by atoms with Crippen molar-refractivity contribution in [2.75, 3.05) is 13.2 Å². The number of carbonyl (C=O) groups excluding carboxylic acids is 3. The Balaban J connectivity index is 1.73. The lowest BCUT2D eigenvalue weighted by Crippen LogP contribution is -2.52. The van der Waals surface area contributed by atoms with E-state index in [1.54, 1.807) is 36.3 Å². The Morgan fingerprint density at radius 2 is 1.82 bits per heavy atom. The van der Waals surface area contributed by atoms with Crippen LogP contribution < -0.4 is 0 Å². The fraction of sp³-hybridized carbons (Fsp3) is 0.571. The molecule has 2 aliphatic rings. The second-order valence-corrected chi connectivity index (χ2v) is 7.83. The molecule has 0 aliphatic carbocycles. The minimum atomic E-state index is -0.584. The first kappa shape index (κ1) is 20.3. The average Bonchev–Trinajstić information content (AvgIpc) is 3.09. The number of rotatable bonds is 5. The highest BCUT2D eigenvalue weighted by Gasteiger charge is 2.44. The van der Waals surface area contributed by atoms with Crippen LogP contribution >= 0.6 is 0 Å². The summed E-state index contributed by atoms with van der Waals surface area (Å²) >= 11 is 0. The van der Waals surface area contributed by atoms with Crippen LogP contribution in [0.2, 0.25) is 0 Å². The van der Waals surface area contributed by atoms with Crippen LogP contribution in [-0.2, 0) is 14.4 Å². The number of ether oxygens (including phenoxy) is 1. The smallest absolute Gasteiger partial charge is 0.416 e. The molecule has 7 nitrogen and oxygen atoms in total. The summed E-state index contributed by atoms with van der Waals surface area (Å²) in [5, 5.41) is 1.62. The third kappa shape index (κ3) is 4.19. The third-order valence-corrected chi connectivity index (χ3v) is 5.59. The highest BCUT2D eigenvalue weighted by atomic mass is 16.7. The van der Waals surface area contributed by atoms with Crippen molar-refractivity contribution in [1.29, 1.82) is 0 Å². The highest BCUT2D eigenvalue weighted by Crippen LogP contribution is 2.29. The Kier molecular flexibility index (Phi) is 6.34. The standard InChI is InChI=1S/C21H28N2O5/c1-14(2)18-13-27-21(26)23(18)19(24)15(3)17-11-7-8-12-22(17)28-20(25)16-9-5-4-6-10-16/h4-6,9-10,14-15,17-18H,7-8,11-13H2,1-3H3/t15-,17-,18-/m1/s1. The van der Waals surface area contributed by atoms with Gasteiger partial charge in [-0.2, -0.15) is 0 Å². The molecule has 0 aromatic heterocycles. The van der Waals surface area contributed by atoms with Gasteiger partial charge < -0.3 is 9.57 Å². The second-order valence-electron chi connectivity index (χ2n) is 7.83. The van der Waals surface area contributed by atoms with Gasteiger partial charge in [0.05, 0.1) is 23.6 Å². The molecule has 1 aromatic rings. The van der Waals surface area contributed by atoms with Crippen LogP contribution in [0.25, 0.3) is 0 Å². The number of piperidine rings is 1. The lowest BCUT2D eigenvalue weighted by atomic mass is 9.91. The van der Waals surface area contributed by atoms with Crippen LogP contribution in [-0.4, -0.2) is 53.2 Å². The van der Waals surface area contributed by atoms with Crippen LogP contribution in [0.4, 0.5) is 4.79 Å². The molecule has 3 atom stereocenters. The van der Waals surface area contributed by atoms with Crippen molar-refractivity contribution in [3.05, 3.63) is 35.9 Å². The first-order valence-electron chi connectivity index (χ1n) is 9.94. The van der Waals surface area contributed by atoms with Crippen molar-refractivity contribution < 1.29 is 24.0 Å². The van der Waals surface area contributed by atoms with E-state index in [1.165, 1.54) is 4.90 Å². The van der Waals surface area contributed by atoms with E-state index in [0.29, 0.717) is 12.1 Å². The molecule has 7 heteroatoms. The summed E-state index contributed by atoms with van der Waals surface area (Å²) in [7, 11) is 0. The number of hydrogen-bond acceptors (Lipinski definition) is 6. The molecule has 0 bridgehead atoms. The number of imide groups is 1. The highest BCUT2D eigenvalue weighted by molar-refractivity contribution is 5.95. The SMILES string of the molecule is CC(C)[C@H]1COC(=O)N1C(=O)[C@H](C)[C@H]1CCCCN1OC(=O)c1ccccc1. The molecule has 2 saturated heterocycles. The molecule has 2 aliphatic heterocycles. The number of carbonyl (C=O) groups is 3. The Hall–Kier alpha value is -2.41. The topological polar surface area (TPSA) is 76.2 Å². The molecule has 2 heterocycles. The van der Waals surface area contributed by atoms with E-state index in [2.05, 4.69) is 0 Å². The van der Waals surface area contributed by atoms with Crippen molar-refractivity contribution in [3.8, 4) is 0 Å². The third-order valence-electron chi connectivity index (χ3n) is 5.59. The van der Waals surface area contributed by atoms with Crippen LogP contribution in [0.1, 0.15) is 50.4 Å². The van der Waals surface area contributed by atoms with Crippen LogP contribution in [0, 0.1) is 11.8 Å². The average molecular weight is 388 g/mol. The normalized spacial score (nSPS) is 24.1. The number of nitrogens with zero attached hydrogens (tertiary/aromatic N) is 2. The van der Waals surface area contributed by atoms with Gasteiger partial charge in [0.15, 0.2) is 0 Å². The molecule has 0 radical (unpaired) electrons. The summed E-state index contributed by atoms with van der Waals surface area (Å²) in [6.45, 7) is 6.52. The quantitative estimate of drug-likeness (QED) is 0.771. The van der Waals surface area contributed by atoms with E-state index in [9.17, 15) is 14.4 Å². The van der Waals surface area contributed by atoms with Crippen LogP contribution in [0.3, 0.4) is 0 Å². The first-order valence-corrected chi connectivity index (χ1v) is 9.94. The van der Waals surface area contributed by atoms with E-state index >= 15 is 0 Å². The summed E-state index contributed by atoms with van der Waals surface area (Å²) < 4.78 is 5.11. The molecule has 0 unspecified atom stereocenters. The number of hydrogen-bond donors (Lipinski definition) is 0. The molecule has 0 N–H and O–H groups in total. The monoisotopic (exact) mass is 388 g/mol. The van der Waals surface area contributed by atoms with E-state index < -0.39 is 18.0 Å². The number of hydroxylamine groups is 2. The first-order chi connectivity index (χ1) is 13.4. The molecule has 1 aromatic carbocycles. The van der Waals surface area contributed by atoms with Gasteiger partial charge in [-0.05, 0) is 30.9 Å². The van der Waals surface area contributed by atoms with Crippen LogP contribution in [0.15, 0.2) is 30.3 Å². The zero-order valence-electron chi connectivity index (χ0n) is 16.7. The maximum atomic E-state index is 13.1. The van der Waals surface area contributed by atoms with Crippen molar-refractivity contribution in [1.82, 2.24) is 9.96 Å². The number of cyclic esters (lactones) is 1. The molecule has 28 heavy (non-hydrogen) atoms. The van der Waals surface area contributed by atoms with Crippen molar-refractivity contribution in [3.63, 3.8) is 0 Å². The van der Waals surface area contributed by atoms with Gasteiger partial charge in [-0.3, -0.25) is 4.79 Å². The fourth-order valence-corrected chi connectivity index (χ4v) is 3.84. The van der Waals surface area contributed by atoms with Gasteiger partial charge in [-0.1, -0.05) is 45.4 Å². The maximum absolute atomic E-state index is 13.1. The van der Waals surface area contributed by atoms with Gasteiger partial charge in [0, 0.05) is 6.54 Å². The molecule has 152 valence electrons.